The van der Waals surface area contributed by atoms with Crippen LogP contribution in [0.1, 0.15) is 42.1 Å². The highest BCUT2D eigenvalue weighted by molar-refractivity contribution is 5.93. The summed E-state index contributed by atoms with van der Waals surface area (Å²) in [6, 6.07) is 24.0. The predicted octanol–water partition coefficient (Wildman–Crippen LogP) is 6.45. The molecule has 3 aromatic carbocycles. The molecular formula is C24H24O2. The third kappa shape index (κ3) is 4.20. The molecule has 0 radical (unpaired) electrons. The molecule has 0 aromatic heterocycles. The number of hydrogen-bond donors (Lipinski definition) is 1. The molecule has 0 aliphatic heterocycles. The van der Waals surface area contributed by atoms with Crippen LogP contribution in [0.4, 0.5) is 0 Å². The summed E-state index contributed by atoms with van der Waals surface area (Å²) in [7, 11) is 0. The number of hydrogen-bond acceptors (Lipinski definition) is 1. The third-order valence-corrected chi connectivity index (χ3v) is 4.69. The molecule has 0 spiro atoms. The first kappa shape index (κ1) is 17.9. The van der Waals surface area contributed by atoms with Gasteiger partial charge in [-0.05, 0) is 52.8 Å². The van der Waals surface area contributed by atoms with Gasteiger partial charge in [0.05, 0.1) is 5.56 Å². The zero-order valence-electron chi connectivity index (χ0n) is 15.1. The molecule has 0 atom stereocenters. The maximum Gasteiger partial charge on any atom is 0.335 e. The molecule has 0 unspecified atom stereocenters. The zero-order chi connectivity index (χ0) is 18.4. The number of aryl methyl sites for hydroxylation is 1. The van der Waals surface area contributed by atoms with E-state index in [4.69, 9.17) is 0 Å². The minimum atomic E-state index is -0.901. The molecule has 0 saturated heterocycles. The number of unbranched alkanes of at least 4 members (excludes halogenated alkanes) is 2. The summed E-state index contributed by atoms with van der Waals surface area (Å²) >= 11 is 0. The first-order chi connectivity index (χ1) is 12.7. The standard InChI is InChI=1S/C24H24O2/c1-2-3-5-8-18-11-13-20(14-12-18)23-17-21(24(25)26)15-16-22(23)19-9-6-4-7-10-19/h4,6-7,9-17H,2-3,5,8H2,1H3,(H,25,26). The Labute approximate surface area is 155 Å². The van der Waals surface area contributed by atoms with Gasteiger partial charge in [-0.2, -0.15) is 0 Å². The second kappa shape index (κ2) is 8.48. The summed E-state index contributed by atoms with van der Waals surface area (Å²) in [4.78, 5) is 11.4. The van der Waals surface area contributed by atoms with Gasteiger partial charge in [-0.25, -0.2) is 4.79 Å². The molecule has 3 aromatic rings. The number of carboxylic acid groups (broad SMARTS) is 1. The Morgan fingerprint density at radius 1 is 0.808 bits per heavy atom. The van der Waals surface area contributed by atoms with Gasteiger partial charge in [0.2, 0.25) is 0 Å². The van der Waals surface area contributed by atoms with Crippen LogP contribution in [-0.2, 0) is 6.42 Å². The van der Waals surface area contributed by atoms with E-state index in [0.29, 0.717) is 5.56 Å². The van der Waals surface area contributed by atoms with E-state index >= 15 is 0 Å². The first-order valence-electron chi connectivity index (χ1n) is 9.21. The first-order valence-corrected chi connectivity index (χ1v) is 9.21. The zero-order valence-corrected chi connectivity index (χ0v) is 15.1. The van der Waals surface area contributed by atoms with E-state index in [9.17, 15) is 9.90 Å². The highest BCUT2D eigenvalue weighted by Gasteiger charge is 2.12. The predicted molar refractivity (Wildman–Crippen MR) is 108 cm³/mol. The second-order valence-corrected chi connectivity index (χ2v) is 6.59. The van der Waals surface area contributed by atoms with E-state index in [1.54, 1.807) is 12.1 Å². The molecule has 2 heteroatoms. The van der Waals surface area contributed by atoms with Crippen molar-refractivity contribution in [1.29, 1.82) is 0 Å². The van der Waals surface area contributed by atoms with Gasteiger partial charge in [-0.1, -0.05) is 80.4 Å². The van der Waals surface area contributed by atoms with Gasteiger partial charge in [-0.15, -0.1) is 0 Å². The number of benzene rings is 3. The topological polar surface area (TPSA) is 37.3 Å². The molecule has 0 aliphatic carbocycles. The van der Waals surface area contributed by atoms with Gasteiger partial charge < -0.3 is 5.11 Å². The van der Waals surface area contributed by atoms with Crippen LogP contribution in [0.3, 0.4) is 0 Å². The fourth-order valence-corrected chi connectivity index (χ4v) is 3.22. The molecular weight excluding hydrogens is 320 g/mol. The molecule has 0 fully saturated rings. The average molecular weight is 344 g/mol. The summed E-state index contributed by atoms with van der Waals surface area (Å²) in [5, 5.41) is 9.38. The van der Waals surface area contributed by atoms with Crippen LogP contribution < -0.4 is 0 Å². The highest BCUT2D eigenvalue weighted by atomic mass is 16.4. The van der Waals surface area contributed by atoms with Gasteiger partial charge in [0, 0.05) is 0 Å². The normalized spacial score (nSPS) is 10.7. The Bertz CT molecular complexity index is 864. The van der Waals surface area contributed by atoms with E-state index < -0.39 is 5.97 Å². The SMILES string of the molecule is CCCCCc1ccc(-c2cc(C(=O)O)ccc2-c2ccccc2)cc1. The molecule has 1 N–H and O–H groups in total. The lowest BCUT2D eigenvalue weighted by molar-refractivity contribution is 0.0697. The number of carbonyl (C=O) groups is 1. The quantitative estimate of drug-likeness (QED) is 0.500. The van der Waals surface area contributed by atoms with Crippen LogP contribution in [0.15, 0.2) is 72.8 Å². The van der Waals surface area contributed by atoms with E-state index in [0.717, 1.165) is 28.7 Å². The van der Waals surface area contributed by atoms with Crippen molar-refractivity contribution in [3.63, 3.8) is 0 Å². The van der Waals surface area contributed by atoms with E-state index in [-0.39, 0.29) is 0 Å². The van der Waals surface area contributed by atoms with Crippen molar-refractivity contribution in [1.82, 2.24) is 0 Å². The number of aromatic carboxylic acids is 1. The lowest BCUT2D eigenvalue weighted by atomic mass is 9.92. The molecule has 0 amide bonds. The van der Waals surface area contributed by atoms with E-state index in [2.05, 4.69) is 43.3 Å². The molecule has 3 rings (SSSR count). The molecule has 0 aliphatic rings. The van der Waals surface area contributed by atoms with Crippen LogP contribution in [-0.4, -0.2) is 11.1 Å². The van der Waals surface area contributed by atoms with Crippen molar-refractivity contribution >= 4 is 5.97 Å². The van der Waals surface area contributed by atoms with Crippen molar-refractivity contribution in [3.8, 4) is 22.3 Å². The van der Waals surface area contributed by atoms with Crippen molar-refractivity contribution in [3.05, 3.63) is 83.9 Å². The third-order valence-electron chi connectivity index (χ3n) is 4.69. The molecule has 132 valence electrons. The van der Waals surface area contributed by atoms with Gasteiger partial charge in [0.15, 0.2) is 0 Å². The molecule has 0 bridgehead atoms. The molecule has 0 heterocycles. The van der Waals surface area contributed by atoms with Crippen molar-refractivity contribution in [2.45, 2.75) is 32.6 Å². The fraction of sp³-hybridized carbons (Fsp3) is 0.208. The maximum atomic E-state index is 11.4. The average Bonchev–Trinajstić information content (AvgIpc) is 2.69. The van der Waals surface area contributed by atoms with Crippen molar-refractivity contribution < 1.29 is 9.90 Å². The Morgan fingerprint density at radius 2 is 1.50 bits per heavy atom. The molecule has 2 nitrogen and oxygen atoms in total. The van der Waals surface area contributed by atoms with Crippen LogP contribution in [0, 0.1) is 0 Å². The van der Waals surface area contributed by atoms with Crippen LogP contribution in [0.25, 0.3) is 22.3 Å². The highest BCUT2D eigenvalue weighted by Crippen LogP contribution is 2.33. The Hall–Kier alpha value is -2.87. The minimum Gasteiger partial charge on any atom is -0.478 e. The largest absolute Gasteiger partial charge is 0.478 e. The summed E-state index contributed by atoms with van der Waals surface area (Å²) in [5.41, 5.74) is 5.78. The van der Waals surface area contributed by atoms with Gasteiger partial charge in [-0.3, -0.25) is 0 Å². The van der Waals surface area contributed by atoms with Gasteiger partial charge in [0.1, 0.15) is 0 Å². The van der Waals surface area contributed by atoms with E-state index in [1.165, 1.54) is 24.8 Å². The summed E-state index contributed by atoms with van der Waals surface area (Å²) < 4.78 is 0. The minimum absolute atomic E-state index is 0.312. The van der Waals surface area contributed by atoms with Crippen LogP contribution >= 0.6 is 0 Å². The Kier molecular flexibility index (Phi) is 5.85. The molecule has 26 heavy (non-hydrogen) atoms. The van der Waals surface area contributed by atoms with Crippen molar-refractivity contribution in [2.24, 2.45) is 0 Å². The summed E-state index contributed by atoms with van der Waals surface area (Å²) in [6.07, 6.45) is 4.77. The smallest absolute Gasteiger partial charge is 0.335 e. The monoisotopic (exact) mass is 344 g/mol. The van der Waals surface area contributed by atoms with Gasteiger partial charge >= 0.3 is 5.97 Å². The number of carboxylic acids is 1. The van der Waals surface area contributed by atoms with Crippen LogP contribution in [0.2, 0.25) is 0 Å². The second-order valence-electron chi connectivity index (χ2n) is 6.59. The van der Waals surface area contributed by atoms with Crippen LogP contribution in [0.5, 0.6) is 0 Å². The van der Waals surface area contributed by atoms with Gasteiger partial charge in [0.25, 0.3) is 0 Å². The van der Waals surface area contributed by atoms with Crippen molar-refractivity contribution in [2.75, 3.05) is 0 Å². The lowest BCUT2D eigenvalue weighted by Crippen LogP contribution is -1.97. The lowest BCUT2D eigenvalue weighted by Gasteiger charge is -2.12. The van der Waals surface area contributed by atoms with E-state index in [1.807, 2.05) is 24.3 Å². The summed E-state index contributed by atoms with van der Waals surface area (Å²) in [6.45, 7) is 2.21. The number of rotatable bonds is 7. The Balaban J connectivity index is 1.99. The summed E-state index contributed by atoms with van der Waals surface area (Å²) in [5.74, 6) is -0.901. The Morgan fingerprint density at radius 3 is 2.15 bits per heavy atom. The maximum absolute atomic E-state index is 11.4. The fourth-order valence-electron chi connectivity index (χ4n) is 3.22. The molecule has 0 saturated carbocycles.